The fourth-order valence-electron chi connectivity index (χ4n) is 2.66. The average Bonchev–Trinajstić information content (AvgIpc) is 2.59. The van der Waals surface area contributed by atoms with E-state index in [0.717, 1.165) is 11.1 Å². The molecular weight excluding hydrogens is 338 g/mol. The minimum Gasteiger partial charge on any atom is -0.493 e. The summed E-state index contributed by atoms with van der Waals surface area (Å²) in [6.45, 7) is 4.54. The Bertz CT molecular complexity index is 726. The highest BCUT2D eigenvalue weighted by molar-refractivity contribution is 6.30. The highest BCUT2D eigenvalue weighted by Gasteiger charge is 2.24. The second-order valence-electron chi connectivity index (χ2n) is 6.53. The van der Waals surface area contributed by atoms with Gasteiger partial charge in [0.25, 0.3) is 0 Å². The number of benzene rings is 2. The molecule has 0 aromatic heterocycles. The molecule has 2 aromatic carbocycles. The molecule has 1 amide bonds. The minimum atomic E-state index is -0.272. The Morgan fingerprint density at radius 1 is 1.04 bits per heavy atom. The predicted octanol–water partition coefficient (Wildman–Crippen LogP) is 4.34. The van der Waals surface area contributed by atoms with Crippen molar-refractivity contribution in [1.29, 1.82) is 0 Å². The van der Waals surface area contributed by atoms with Crippen LogP contribution in [0.3, 0.4) is 0 Å². The van der Waals surface area contributed by atoms with E-state index in [0.29, 0.717) is 29.5 Å². The van der Waals surface area contributed by atoms with Gasteiger partial charge < -0.3 is 14.8 Å². The van der Waals surface area contributed by atoms with Gasteiger partial charge in [-0.25, -0.2) is 0 Å². The topological polar surface area (TPSA) is 47.6 Å². The molecule has 2 rings (SSSR count). The quantitative estimate of drug-likeness (QED) is 0.797. The third kappa shape index (κ3) is 5.13. The molecule has 2 aromatic rings. The summed E-state index contributed by atoms with van der Waals surface area (Å²) in [6.07, 6.45) is 0.391. The molecule has 0 spiro atoms. The fraction of sp³-hybridized carbons (Fsp3) is 0.350. The number of carbonyl (C=O) groups is 1. The molecule has 0 saturated heterocycles. The molecule has 0 aliphatic heterocycles. The van der Waals surface area contributed by atoms with E-state index in [4.69, 9.17) is 21.1 Å². The smallest absolute Gasteiger partial charge is 0.221 e. The van der Waals surface area contributed by atoms with Gasteiger partial charge in [-0.2, -0.15) is 0 Å². The zero-order valence-corrected chi connectivity index (χ0v) is 15.8. The van der Waals surface area contributed by atoms with Crippen LogP contribution in [0.15, 0.2) is 42.5 Å². The summed E-state index contributed by atoms with van der Waals surface area (Å²) in [5.41, 5.74) is 1.76. The van der Waals surface area contributed by atoms with E-state index in [-0.39, 0.29) is 11.3 Å². The number of methoxy groups -OCH3 is 2. The molecule has 0 bridgehead atoms. The van der Waals surface area contributed by atoms with Crippen molar-refractivity contribution in [3.63, 3.8) is 0 Å². The average molecular weight is 362 g/mol. The SMILES string of the molecule is COc1ccc(CNC(=O)CC(C)(C)c2ccc(Cl)cc2)cc1OC. The summed E-state index contributed by atoms with van der Waals surface area (Å²) in [7, 11) is 3.19. The second kappa shape index (κ2) is 8.26. The number of hydrogen-bond donors (Lipinski definition) is 1. The molecule has 1 N–H and O–H groups in total. The second-order valence-corrected chi connectivity index (χ2v) is 6.97. The lowest BCUT2D eigenvalue weighted by Crippen LogP contribution is -2.30. The fourth-order valence-corrected chi connectivity index (χ4v) is 2.78. The van der Waals surface area contributed by atoms with Crippen molar-refractivity contribution < 1.29 is 14.3 Å². The summed E-state index contributed by atoms with van der Waals surface area (Å²) in [4.78, 5) is 12.4. The lowest BCUT2D eigenvalue weighted by atomic mass is 9.81. The van der Waals surface area contributed by atoms with Gasteiger partial charge >= 0.3 is 0 Å². The standard InChI is InChI=1S/C20H24ClNO3/c1-20(2,15-6-8-16(21)9-7-15)12-19(23)22-13-14-5-10-17(24-3)18(11-14)25-4/h5-11H,12-13H2,1-4H3,(H,22,23). The van der Waals surface area contributed by atoms with Crippen LogP contribution in [-0.2, 0) is 16.8 Å². The predicted molar refractivity (Wildman–Crippen MR) is 100 cm³/mol. The summed E-state index contributed by atoms with van der Waals surface area (Å²) in [6, 6.07) is 13.2. The van der Waals surface area contributed by atoms with E-state index in [1.165, 1.54) is 0 Å². The summed E-state index contributed by atoms with van der Waals surface area (Å²) < 4.78 is 10.5. The summed E-state index contributed by atoms with van der Waals surface area (Å²) >= 11 is 5.93. The van der Waals surface area contributed by atoms with Gasteiger partial charge in [-0.3, -0.25) is 4.79 Å². The molecule has 4 nitrogen and oxygen atoms in total. The van der Waals surface area contributed by atoms with Crippen LogP contribution < -0.4 is 14.8 Å². The molecule has 0 radical (unpaired) electrons. The van der Waals surface area contributed by atoms with Crippen LogP contribution in [0, 0.1) is 0 Å². The Kier molecular flexibility index (Phi) is 6.32. The molecule has 25 heavy (non-hydrogen) atoms. The largest absolute Gasteiger partial charge is 0.493 e. The normalized spacial score (nSPS) is 11.1. The van der Waals surface area contributed by atoms with Crippen LogP contribution in [-0.4, -0.2) is 20.1 Å². The van der Waals surface area contributed by atoms with E-state index in [1.807, 2.05) is 56.3 Å². The van der Waals surface area contributed by atoms with Crippen molar-refractivity contribution in [1.82, 2.24) is 5.32 Å². The molecule has 0 heterocycles. The van der Waals surface area contributed by atoms with E-state index in [9.17, 15) is 4.79 Å². The molecular formula is C20H24ClNO3. The monoisotopic (exact) mass is 361 g/mol. The molecule has 0 unspecified atom stereocenters. The Morgan fingerprint density at radius 3 is 2.28 bits per heavy atom. The maximum absolute atomic E-state index is 12.4. The van der Waals surface area contributed by atoms with Gasteiger partial charge in [-0.1, -0.05) is 43.6 Å². The van der Waals surface area contributed by atoms with Gasteiger partial charge in [-0.15, -0.1) is 0 Å². The Morgan fingerprint density at radius 2 is 1.68 bits per heavy atom. The number of halogens is 1. The number of carbonyl (C=O) groups excluding carboxylic acids is 1. The first-order valence-corrected chi connectivity index (χ1v) is 8.47. The van der Waals surface area contributed by atoms with Gasteiger partial charge in [0.1, 0.15) is 0 Å². The Labute approximate surface area is 154 Å². The summed E-state index contributed by atoms with van der Waals surface area (Å²) in [5, 5.41) is 3.66. The number of hydrogen-bond acceptors (Lipinski definition) is 3. The van der Waals surface area contributed by atoms with Crippen LogP contribution in [0.25, 0.3) is 0 Å². The van der Waals surface area contributed by atoms with Crippen LogP contribution in [0.4, 0.5) is 0 Å². The minimum absolute atomic E-state index is 0.00488. The van der Waals surface area contributed by atoms with Crippen molar-refractivity contribution in [2.75, 3.05) is 14.2 Å². The van der Waals surface area contributed by atoms with E-state index < -0.39 is 0 Å². The maximum Gasteiger partial charge on any atom is 0.221 e. The molecule has 0 atom stereocenters. The van der Waals surface area contributed by atoms with Gasteiger partial charge in [0.15, 0.2) is 11.5 Å². The molecule has 5 heteroatoms. The van der Waals surface area contributed by atoms with Crippen molar-refractivity contribution in [2.24, 2.45) is 0 Å². The van der Waals surface area contributed by atoms with Crippen LogP contribution >= 0.6 is 11.6 Å². The van der Waals surface area contributed by atoms with Crippen molar-refractivity contribution >= 4 is 17.5 Å². The van der Waals surface area contributed by atoms with E-state index in [2.05, 4.69) is 5.32 Å². The maximum atomic E-state index is 12.4. The lowest BCUT2D eigenvalue weighted by molar-refractivity contribution is -0.122. The van der Waals surface area contributed by atoms with Crippen LogP contribution in [0.2, 0.25) is 5.02 Å². The van der Waals surface area contributed by atoms with Crippen molar-refractivity contribution in [3.8, 4) is 11.5 Å². The molecule has 0 saturated carbocycles. The molecule has 134 valence electrons. The Hall–Kier alpha value is -2.20. The molecule has 0 aliphatic rings. The first-order chi connectivity index (χ1) is 11.9. The van der Waals surface area contributed by atoms with Crippen LogP contribution in [0.1, 0.15) is 31.4 Å². The van der Waals surface area contributed by atoms with Crippen molar-refractivity contribution in [2.45, 2.75) is 32.2 Å². The van der Waals surface area contributed by atoms with Gasteiger partial charge in [0, 0.05) is 18.0 Å². The van der Waals surface area contributed by atoms with E-state index >= 15 is 0 Å². The zero-order valence-electron chi connectivity index (χ0n) is 15.1. The zero-order chi connectivity index (χ0) is 18.4. The first kappa shape index (κ1) is 19.1. The lowest BCUT2D eigenvalue weighted by Gasteiger charge is -2.24. The number of amides is 1. The molecule has 0 fully saturated rings. The first-order valence-electron chi connectivity index (χ1n) is 8.09. The highest BCUT2D eigenvalue weighted by atomic mass is 35.5. The van der Waals surface area contributed by atoms with E-state index in [1.54, 1.807) is 14.2 Å². The number of rotatable bonds is 7. The molecule has 0 aliphatic carbocycles. The third-order valence-corrected chi connectivity index (χ3v) is 4.42. The van der Waals surface area contributed by atoms with Crippen LogP contribution in [0.5, 0.6) is 11.5 Å². The van der Waals surface area contributed by atoms with Gasteiger partial charge in [0.2, 0.25) is 5.91 Å². The van der Waals surface area contributed by atoms with Gasteiger partial charge in [0.05, 0.1) is 14.2 Å². The number of nitrogens with one attached hydrogen (secondary N) is 1. The van der Waals surface area contributed by atoms with Gasteiger partial charge in [-0.05, 0) is 40.8 Å². The third-order valence-electron chi connectivity index (χ3n) is 4.17. The number of ether oxygens (including phenoxy) is 2. The summed E-state index contributed by atoms with van der Waals surface area (Å²) in [5.74, 6) is 1.31. The van der Waals surface area contributed by atoms with Crippen molar-refractivity contribution in [3.05, 3.63) is 58.6 Å². The highest BCUT2D eigenvalue weighted by Crippen LogP contribution is 2.29. The Balaban J connectivity index is 1.97.